The summed E-state index contributed by atoms with van der Waals surface area (Å²) >= 11 is 0. The highest BCUT2D eigenvalue weighted by molar-refractivity contribution is 5.93. The van der Waals surface area contributed by atoms with E-state index in [2.05, 4.69) is 15.3 Å². The molecule has 2 amide bonds. The summed E-state index contributed by atoms with van der Waals surface area (Å²) in [6.45, 7) is 2.55. The number of aromatic nitrogens is 2. The molecule has 1 aliphatic heterocycles. The summed E-state index contributed by atoms with van der Waals surface area (Å²) in [7, 11) is 0. The average Bonchev–Trinajstić information content (AvgIpc) is 3.15. The fraction of sp³-hybridized carbons (Fsp3) is 0.375. The molecule has 1 fully saturated rings. The van der Waals surface area contributed by atoms with E-state index in [4.69, 9.17) is 4.42 Å². The monoisotopic (exact) mass is 314 g/mol. The molecule has 0 unspecified atom stereocenters. The van der Waals surface area contributed by atoms with Crippen molar-refractivity contribution in [2.24, 2.45) is 0 Å². The van der Waals surface area contributed by atoms with Crippen molar-refractivity contribution in [3.8, 4) is 0 Å². The Morgan fingerprint density at radius 1 is 1.52 bits per heavy atom. The molecule has 7 nitrogen and oxygen atoms in total. The highest BCUT2D eigenvalue weighted by Crippen LogP contribution is 2.15. The van der Waals surface area contributed by atoms with Gasteiger partial charge in [-0.15, -0.1) is 0 Å². The topological polar surface area (TPSA) is 88.3 Å². The van der Waals surface area contributed by atoms with Crippen molar-refractivity contribution in [1.82, 2.24) is 20.2 Å². The van der Waals surface area contributed by atoms with Crippen LogP contribution >= 0.6 is 0 Å². The van der Waals surface area contributed by atoms with Gasteiger partial charge in [0.25, 0.3) is 5.91 Å². The van der Waals surface area contributed by atoms with E-state index in [1.54, 1.807) is 24.2 Å². The maximum Gasteiger partial charge on any atom is 0.276 e. The predicted molar refractivity (Wildman–Crippen MR) is 81.4 cm³/mol. The summed E-state index contributed by atoms with van der Waals surface area (Å²) in [5.41, 5.74) is 1.23. The molecule has 23 heavy (non-hydrogen) atoms. The maximum absolute atomic E-state index is 12.8. The van der Waals surface area contributed by atoms with Gasteiger partial charge >= 0.3 is 0 Å². The Kier molecular flexibility index (Phi) is 4.36. The van der Waals surface area contributed by atoms with Gasteiger partial charge < -0.3 is 14.6 Å². The van der Waals surface area contributed by atoms with E-state index in [-0.39, 0.29) is 17.9 Å². The molecule has 120 valence electrons. The quantitative estimate of drug-likeness (QED) is 0.898. The number of nitrogens with zero attached hydrogens (tertiary/aromatic N) is 3. The van der Waals surface area contributed by atoms with Crippen molar-refractivity contribution in [2.75, 3.05) is 6.54 Å². The van der Waals surface area contributed by atoms with Gasteiger partial charge in [0.15, 0.2) is 12.1 Å². The lowest BCUT2D eigenvalue weighted by Crippen LogP contribution is -2.41. The van der Waals surface area contributed by atoms with Crippen molar-refractivity contribution >= 4 is 11.8 Å². The van der Waals surface area contributed by atoms with Crippen LogP contribution in [0.1, 0.15) is 34.7 Å². The molecule has 1 N–H and O–H groups in total. The van der Waals surface area contributed by atoms with Crippen LogP contribution in [0, 0.1) is 6.92 Å². The first kappa shape index (κ1) is 15.2. The van der Waals surface area contributed by atoms with Crippen molar-refractivity contribution < 1.29 is 14.0 Å². The van der Waals surface area contributed by atoms with E-state index in [9.17, 15) is 9.59 Å². The fourth-order valence-electron chi connectivity index (χ4n) is 2.67. The van der Waals surface area contributed by atoms with E-state index in [0.717, 1.165) is 12.0 Å². The van der Waals surface area contributed by atoms with Gasteiger partial charge in [-0.1, -0.05) is 6.07 Å². The smallest absolute Gasteiger partial charge is 0.276 e. The first-order valence-electron chi connectivity index (χ1n) is 7.51. The van der Waals surface area contributed by atoms with Gasteiger partial charge in [0.05, 0.1) is 0 Å². The van der Waals surface area contributed by atoms with Crippen molar-refractivity contribution in [3.63, 3.8) is 0 Å². The summed E-state index contributed by atoms with van der Waals surface area (Å²) in [4.78, 5) is 33.9. The largest absolute Gasteiger partial charge is 0.448 e. The number of aryl methyl sites for hydroxylation is 1. The van der Waals surface area contributed by atoms with Gasteiger partial charge in [-0.05, 0) is 25.0 Å². The molecule has 2 aromatic rings. The Balaban J connectivity index is 1.79. The van der Waals surface area contributed by atoms with Crippen LogP contribution in [0.4, 0.5) is 0 Å². The van der Waals surface area contributed by atoms with Crippen LogP contribution in [0.5, 0.6) is 0 Å². The molecule has 1 saturated heterocycles. The molecule has 0 radical (unpaired) electrons. The lowest BCUT2D eigenvalue weighted by atomic mass is 10.1. The Morgan fingerprint density at radius 3 is 3.00 bits per heavy atom. The highest BCUT2D eigenvalue weighted by atomic mass is 16.3. The van der Waals surface area contributed by atoms with Gasteiger partial charge in [-0.25, -0.2) is 4.98 Å². The summed E-state index contributed by atoms with van der Waals surface area (Å²) in [6.07, 6.45) is 5.91. The molecule has 0 aliphatic carbocycles. The minimum atomic E-state index is -0.207. The summed E-state index contributed by atoms with van der Waals surface area (Å²) in [5, 5.41) is 2.89. The molecule has 7 heteroatoms. The summed E-state index contributed by atoms with van der Waals surface area (Å²) in [5.74, 6) is 0.310. The Hall–Kier alpha value is -2.70. The Labute approximate surface area is 133 Å². The third kappa shape index (κ3) is 3.56. The van der Waals surface area contributed by atoms with Gasteiger partial charge in [0.1, 0.15) is 5.76 Å². The molecule has 1 atom stereocenters. The van der Waals surface area contributed by atoms with Crippen LogP contribution in [-0.2, 0) is 11.3 Å². The van der Waals surface area contributed by atoms with Crippen molar-refractivity contribution in [3.05, 3.63) is 47.9 Å². The normalized spacial score (nSPS) is 17.1. The zero-order chi connectivity index (χ0) is 16.2. The zero-order valence-electron chi connectivity index (χ0n) is 12.9. The van der Waals surface area contributed by atoms with Crippen LogP contribution < -0.4 is 5.32 Å². The number of carbonyl (C=O) groups excluding carboxylic acids is 2. The van der Waals surface area contributed by atoms with Gasteiger partial charge in [-0.2, -0.15) is 0 Å². The van der Waals surface area contributed by atoms with E-state index in [1.807, 2.05) is 12.1 Å². The third-order valence-corrected chi connectivity index (χ3v) is 3.86. The van der Waals surface area contributed by atoms with E-state index >= 15 is 0 Å². The lowest BCUT2D eigenvalue weighted by molar-refractivity contribution is -0.119. The molecule has 0 aromatic carbocycles. The number of oxazole rings is 1. The van der Waals surface area contributed by atoms with Crippen molar-refractivity contribution in [1.29, 1.82) is 0 Å². The number of amides is 2. The molecule has 3 heterocycles. The molecular weight excluding hydrogens is 296 g/mol. The van der Waals surface area contributed by atoms with Crippen molar-refractivity contribution in [2.45, 2.75) is 32.4 Å². The molecule has 0 saturated carbocycles. The van der Waals surface area contributed by atoms with E-state index in [1.165, 1.54) is 6.39 Å². The van der Waals surface area contributed by atoms with Gasteiger partial charge in [0.2, 0.25) is 5.91 Å². The Bertz CT molecular complexity index is 698. The van der Waals surface area contributed by atoms with Crippen LogP contribution in [0.15, 0.2) is 35.3 Å². The van der Waals surface area contributed by atoms with Crippen LogP contribution in [0.3, 0.4) is 0 Å². The molecule has 1 aliphatic rings. The summed E-state index contributed by atoms with van der Waals surface area (Å²) in [6, 6.07) is 3.71. The number of pyridine rings is 1. The first-order valence-corrected chi connectivity index (χ1v) is 7.51. The molecule has 0 spiro atoms. The third-order valence-electron chi connectivity index (χ3n) is 3.86. The van der Waals surface area contributed by atoms with Crippen LogP contribution in [0.2, 0.25) is 0 Å². The first-order chi connectivity index (χ1) is 11.1. The Morgan fingerprint density at radius 2 is 2.39 bits per heavy atom. The average molecular weight is 314 g/mol. The molecule has 3 rings (SSSR count). The van der Waals surface area contributed by atoms with Crippen LogP contribution in [0.25, 0.3) is 0 Å². The molecule has 0 bridgehead atoms. The zero-order valence-corrected chi connectivity index (χ0v) is 12.9. The number of hydrogen-bond acceptors (Lipinski definition) is 5. The predicted octanol–water partition coefficient (Wildman–Crippen LogP) is 1.30. The number of hydrogen-bond donors (Lipinski definition) is 1. The van der Waals surface area contributed by atoms with Gasteiger partial charge in [0, 0.05) is 37.9 Å². The summed E-state index contributed by atoms with van der Waals surface area (Å²) < 4.78 is 5.13. The van der Waals surface area contributed by atoms with Gasteiger partial charge in [-0.3, -0.25) is 14.6 Å². The second-order valence-electron chi connectivity index (χ2n) is 5.61. The number of rotatable bonds is 5. The SMILES string of the molecule is Cc1ocnc1C(=O)N(Cc1cccnc1)C[C@@H]1CCC(=O)N1. The number of nitrogens with one attached hydrogen (secondary N) is 1. The fourth-order valence-corrected chi connectivity index (χ4v) is 2.67. The lowest BCUT2D eigenvalue weighted by Gasteiger charge is -2.25. The van der Waals surface area contributed by atoms with E-state index in [0.29, 0.717) is 31.0 Å². The molecule has 2 aromatic heterocycles. The minimum absolute atomic E-state index is 0.0291. The van der Waals surface area contributed by atoms with E-state index < -0.39 is 0 Å². The standard InChI is InChI=1S/C16H18N4O3/c1-11-15(18-10-23-11)16(22)20(8-12-3-2-6-17-7-12)9-13-4-5-14(21)19-13/h2-3,6-7,10,13H,4-5,8-9H2,1H3,(H,19,21)/t13-/m0/s1. The van der Waals surface area contributed by atoms with Crippen LogP contribution in [-0.4, -0.2) is 39.3 Å². The maximum atomic E-state index is 12.8. The minimum Gasteiger partial charge on any atom is -0.448 e. The second-order valence-corrected chi connectivity index (χ2v) is 5.61. The second kappa shape index (κ2) is 6.60. The highest BCUT2D eigenvalue weighted by Gasteiger charge is 2.28. The molecular formula is C16H18N4O3. The number of carbonyl (C=O) groups is 2.